The van der Waals surface area contributed by atoms with Crippen molar-refractivity contribution in [2.75, 3.05) is 0 Å². The van der Waals surface area contributed by atoms with Gasteiger partial charge in [-0.25, -0.2) is 0 Å². The normalized spacial score (nSPS) is 4.94. The summed E-state index contributed by atoms with van der Waals surface area (Å²) in [6.07, 6.45) is -16.3. The Balaban J connectivity index is -0.0000000134. The number of carboxylic acid groups (broad SMARTS) is 14. The van der Waals surface area contributed by atoms with Gasteiger partial charge in [-0.3, -0.25) is 0 Å². The van der Waals surface area contributed by atoms with Crippen LogP contribution in [0.5, 0.6) is 0 Å². The molecule has 0 amide bonds. The van der Waals surface area contributed by atoms with Gasteiger partial charge in [0, 0.05) is 0 Å². The van der Waals surface area contributed by atoms with E-state index in [9.17, 15) is 0 Å². The first-order valence-electron chi connectivity index (χ1n) is 4.29. The van der Waals surface area contributed by atoms with Gasteiger partial charge in [-0.05, 0) is 43.1 Å². The second kappa shape index (κ2) is 76.6. The molecule has 0 unspecified atom stereocenters. The Hall–Kier alpha value is 3.20. The van der Waals surface area contributed by atoms with Crippen LogP contribution in [-0.2, 0) is 65.4 Å². The molecule has 0 fully saturated rings. The van der Waals surface area contributed by atoms with E-state index < -0.39 is 43.1 Å². The maximum absolute atomic E-state index is 8.33. The fourth-order valence-electron chi connectivity index (χ4n) is 0. The van der Waals surface area contributed by atoms with Gasteiger partial charge in [0.05, 0.1) is 0 Å². The first kappa shape index (κ1) is 83.2. The molecule has 21 nitrogen and oxygen atoms in total. The Morgan fingerprint density at radius 3 is 0.265 bits per heavy atom. The van der Waals surface area contributed by atoms with Crippen LogP contribution in [0.4, 0.5) is 33.6 Å². The van der Waals surface area contributed by atoms with Gasteiger partial charge >= 0.3 is 254 Å². The van der Waals surface area contributed by atoms with Gasteiger partial charge in [-0.1, -0.05) is 0 Å². The molecule has 0 aliphatic carbocycles. The minimum absolute atomic E-state index is 0. The van der Waals surface area contributed by atoms with Crippen molar-refractivity contribution in [2.45, 2.75) is 0 Å². The zero-order chi connectivity index (χ0) is 25.0. The molecule has 0 aliphatic heterocycles. The summed E-state index contributed by atoms with van der Waals surface area (Å²) in [4.78, 5) is 58.3. The fourth-order valence-corrected chi connectivity index (χ4v) is 0. The molecular weight excluding hydrogens is 1050 g/mol. The fraction of sp³-hybridized carbons (Fsp3) is 0. The van der Waals surface area contributed by atoms with Gasteiger partial charge in [-0.15, -0.1) is 0 Å². The van der Waals surface area contributed by atoms with Crippen molar-refractivity contribution in [2.24, 2.45) is 0 Å². The molecule has 0 radical (unpaired) electrons. The summed E-state index contributed by atoms with van der Waals surface area (Å²) >= 11 is 0. The maximum atomic E-state index is 8.33. The van der Waals surface area contributed by atoms with Crippen LogP contribution >= 0.6 is 0 Å². The predicted molar refractivity (Wildman–Crippen MR) is 60.8 cm³/mol. The monoisotopic (exact) mass is 1050 g/mol. The summed E-state index contributed by atoms with van der Waals surface area (Å²) in [7, 11) is 0. The van der Waals surface area contributed by atoms with E-state index in [-0.39, 0.29) is 254 Å². The summed E-state index contributed by atoms with van der Waals surface area (Å²) < 4.78 is 0. The van der Waals surface area contributed by atoms with Gasteiger partial charge < -0.3 is 105 Å². The minimum Gasteiger partial charge on any atom is -0.652 e. The Morgan fingerprint density at radius 2 is 0.265 bits per heavy atom. The molecule has 0 spiro atoms. The molecular formula is C7Ba2O21Sr2Y2. The van der Waals surface area contributed by atoms with Crippen LogP contribution in [0.25, 0.3) is 0 Å². The third-order valence-corrected chi connectivity index (χ3v) is 0. The molecule has 0 atom stereocenters. The number of carbonyl (C=O) groups is 7. The van der Waals surface area contributed by atoms with Crippen LogP contribution in [0.15, 0.2) is 0 Å². The van der Waals surface area contributed by atoms with E-state index in [0.717, 1.165) is 0 Å². The molecule has 0 N–H and O–H groups in total. The third-order valence-electron chi connectivity index (χ3n) is 0. The summed E-state index contributed by atoms with van der Waals surface area (Å²) in [5.41, 5.74) is 0. The summed E-state index contributed by atoms with van der Waals surface area (Å²) in [5, 5.41) is 117. The number of hydrogen-bond acceptors (Lipinski definition) is 21. The zero-order valence-corrected chi connectivity index (χ0v) is 37.6. The van der Waals surface area contributed by atoms with Crippen LogP contribution in [0.1, 0.15) is 0 Å². The van der Waals surface area contributed by atoms with Gasteiger partial charge in [0.15, 0.2) is 0 Å². The first-order valence-corrected chi connectivity index (χ1v) is 4.29. The van der Waals surface area contributed by atoms with Crippen molar-refractivity contribution in [1.29, 1.82) is 0 Å². The third kappa shape index (κ3) is 4020. The van der Waals surface area contributed by atoms with E-state index in [1.807, 2.05) is 0 Å². The van der Waals surface area contributed by atoms with Crippen molar-refractivity contribution >= 4 is 232 Å². The molecule has 34 heavy (non-hydrogen) atoms. The van der Waals surface area contributed by atoms with Crippen LogP contribution in [0.3, 0.4) is 0 Å². The summed E-state index contributed by atoms with van der Waals surface area (Å²) in [5.74, 6) is 0. The molecule has 0 saturated heterocycles. The van der Waals surface area contributed by atoms with Crippen LogP contribution in [0, 0.1) is 0 Å². The second-order valence-electron chi connectivity index (χ2n) is 1.75. The Bertz CT molecular complexity index is 334. The summed E-state index contributed by atoms with van der Waals surface area (Å²) in [6, 6.07) is 0. The molecule has 0 bridgehead atoms. The standard InChI is InChI=1S/7CH2O3.2Ba.2Sr.2Y/c7*2-1(3)4;;;;;;/h7*(H2,2,3,4);;;;;;/q;;;;;;;4*+2;2*+3/p-14. The van der Waals surface area contributed by atoms with Crippen LogP contribution in [-0.4, -0.2) is 232 Å². The van der Waals surface area contributed by atoms with Crippen molar-refractivity contribution in [1.82, 2.24) is 0 Å². The van der Waals surface area contributed by atoms with E-state index in [2.05, 4.69) is 0 Å². The minimum atomic E-state index is -2.33. The van der Waals surface area contributed by atoms with Crippen molar-refractivity contribution in [3.63, 3.8) is 0 Å². The molecule has 0 rings (SSSR count). The molecule has 0 aromatic heterocycles. The van der Waals surface area contributed by atoms with Crippen molar-refractivity contribution in [3.8, 4) is 0 Å². The van der Waals surface area contributed by atoms with Crippen LogP contribution in [0.2, 0.25) is 0 Å². The average molecular weight is 1050 g/mol. The predicted octanol–water partition coefficient (Wildman–Crippen LogP) is -18.7. The van der Waals surface area contributed by atoms with Gasteiger partial charge in [-0.2, -0.15) is 0 Å². The van der Waals surface area contributed by atoms with Gasteiger partial charge in [0.2, 0.25) is 0 Å². The van der Waals surface area contributed by atoms with E-state index in [1.165, 1.54) is 0 Å². The largest absolute Gasteiger partial charge is 3.00 e. The average Bonchev–Trinajstić information content (AvgIpc) is 2.20. The summed E-state index contributed by atoms with van der Waals surface area (Å²) in [6.45, 7) is 0. The van der Waals surface area contributed by atoms with Gasteiger partial charge in [0.1, 0.15) is 0 Å². The first-order chi connectivity index (χ1) is 12.1. The van der Waals surface area contributed by atoms with E-state index >= 15 is 0 Å². The van der Waals surface area contributed by atoms with E-state index in [1.54, 1.807) is 0 Å². The molecule has 0 aliphatic rings. The molecule has 0 saturated carbocycles. The smallest absolute Gasteiger partial charge is 0.652 e. The number of rotatable bonds is 0. The van der Waals surface area contributed by atoms with E-state index in [4.69, 9.17) is 105 Å². The zero-order valence-electron chi connectivity index (χ0n) is 16.1. The number of carbonyl (C=O) groups excluding carboxylic acids is 7. The molecule has 168 valence electrons. The number of hydrogen-bond donors (Lipinski definition) is 0. The topological polar surface area (TPSA) is 442 Å². The van der Waals surface area contributed by atoms with E-state index in [0.29, 0.717) is 0 Å². The maximum Gasteiger partial charge on any atom is 3.00 e. The second-order valence-corrected chi connectivity index (χ2v) is 1.75. The Morgan fingerprint density at radius 1 is 0.265 bits per heavy atom. The van der Waals surface area contributed by atoms with Gasteiger partial charge in [0.25, 0.3) is 0 Å². The quantitative estimate of drug-likeness (QED) is 0.203. The Labute approximate surface area is 392 Å². The molecule has 0 aromatic rings. The van der Waals surface area contributed by atoms with Crippen LogP contribution < -0.4 is 71.5 Å². The SMILES string of the molecule is O=C([O-])[O-].O=C([O-])[O-].O=C([O-])[O-].O=C([O-])[O-].O=C([O-])[O-].O=C([O-])[O-].O=C([O-])[O-].[Ba+2].[Ba+2].[Sr+2].[Sr+2].[Y+3].[Y+3]. The molecule has 27 heteroatoms. The Kier molecular flexibility index (Phi) is 188. The van der Waals surface area contributed by atoms with Crippen molar-refractivity contribution < 1.29 is 170 Å². The molecule has 0 aromatic carbocycles. The van der Waals surface area contributed by atoms with Crippen molar-refractivity contribution in [3.05, 3.63) is 0 Å². The molecule has 0 heterocycles.